The number of aromatic nitrogens is 2. The summed E-state index contributed by atoms with van der Waals surface area (Å²) in [6.07, 6.45) is 0. The number of benzene rings is 1. The lowest BCUT2D eigenvalue weighted by molar-refractivity contribution is -0.132. The lowest BCUT2D eigenvalue weighted by Gasteiger charge is -2.28. The molecule has 8 heteroatoms. The minimum absolute atomic E-state index is 0.130. The summed E-state index contributed by atoms with van der Waals surface area (Å²) < 4.78 is 6.27. The SMILES string of the molecule is CN(CC(=O)N1CCNCC1)Cc1nc(-c2cccc(Br)c2)no1. The highest BCUT2D eigenvalue weighted by Gasteiger charge is 2.19. The van der Waals surface area contributed by atoms with Gasteiger partial charge in [0, 0.05) is 36.2 Å². The van der Waals surface area contributed by atoms with Crippen molar-refractivity contribution in [1.82, 2.24) is 25.3 Å². The molecule has 0 saturated carbocycles. The van der Waals surface area contributed by atoms with E-state index in [2.05, 4.69) is 31.4 Å². The van der Waals surface area contributed by atoms with Crippen LogP contribution in [0.25, 0.3) is 11.4 Å². The van der Waals surface area contributed by atoms with Gasteiger partial charge < -0.3 is 14.7 Å². The Labute approximate surface area is 149 Å². The molecule has 1 fully saturated rings. The number of carbonyl (C=O) groups excluding carboxylic acids is 1. The number of hydrogen-bond acceptors (Lipinski definition) is 6. The summed E-state index contributed by atoms with van der Waals surface area (Å²) in [4.78, 5) is 20.4. The molecule has 2 heterocycles. The van der Waals surface area contributed by atoms with Crippen molar-refractivity contribution in [1.29, 1.82) is 0 Å². The molecule has 1 N–H and O–H groups in total. The highest BCUT2D eigenvalue weighted by atomic mass is 79.9. The number of carbonyl (C=O) groups is 1. The first-order valence-corrected chi connectivity index (χ1v) is 8.66. The molecule has 1 aliphatic heterocycles. The fraction of sp³-hybridized carbons (Fsp3) is 0.438. The Morgan fingerprint density at radius 1 is 1.42 bits per heavy atom. The molecule has 3 rings (SSSR count). The van der Waals surface area contributed by atoms with Gasteiger partial charge in [-0.1, -0.05) is 33.2 Å². The first-order valence-electron chi connectivity index (χ1n) is 7.87. The van der Waals surface area contributed by atoms with Crippen LogP contribution >= 0.6 is 15.9 Å². The topological polar surface area (TPSA) is 74.5 Å². The van der Waals surface area contributed by atoms with Crippen molar-refractivity contribution in [3.8, 4) is 11.4 Å². The predicted octanol–water partition coefficient (Wildman–Crippen LogP) is 1.36. The van der Waals surface area contributed by atoms with Crippen LogP contribution in [0.15, 0.2) is 33.3 Å². The van der Waals surface area contributed by atoms with Gasteiger partial charge in [0.1, 0.15) is 0 Å². The van der Waals surface area contributed by atoms with Gasteiger partial charge in [0.05, 0.1) is 13.1 Å². The molecule has 1 amide bonds. The number of likely N-dealkylation sites (N-methyl/N-ethyl adjacent to an activating group) is 1. The molecular weight excluding hydrogens is 374 g/mol. The number of nitrogens with zero attached hydrogens (tertiary/aromatic N) is 4. The van der Waals surface area contributed by atoms with E-state index in [1.807, 2.05) is 41.1 Å². The molecule has 0 atom stereocenters. The Morgan fingerprint density at radius 3 is 2.96 bits per heavy atom. The molecule has 128 valence electrons. The van der Waals surface area contributed by atoms with Crippen LogP contribution in [0.5, 0.6) is 0 Å². The van der Waals surface area contributed by atoms with E-state index < -0.39 is 0 Å². The van der Waals surface area contributed by atoms with E-state index in [1.54, 1.807) is 0 Å². The zero-order chi connectivity index (χ0) is 16.9. The van der Waals surface area contributed by atoms with Crippen LogP contribution in [-0.4, -0.2) is 65.6 Å². The smallest absolute Gasteiger partial charge is 0.241 e. The molecule has 1 aromatic heterocycles. The normalized spacial score (nSPS) is 15.0. The molecular formula is C16H20BrN5O2. The molecule has 0 aliphatic carbocycles. The van der Waals surface area contributed by atoms with Crippen molar-refractivity contribution in [3.63, 3.8) is 0 Å². The molecule has 0 unspecified atom stereocenters. The summed E-state index contributed by atoms with van der Waals surface area (Å²) in [5, 5.41) is 7.25. The number of hydrogen-bond donors (Lipinski definition) is 1. The first-order chi connectivity index (χ1) is 11.6. The van der Waals surface area contributed by atoms with Gasteiger partial charge in [-0.2, -0.15) is 4.98 Å². The van der Waals surface area contributed by atoms with E-state index in [4.69, 9.17) is 4.52 Å². The largest absolute Gasteiger partial charge is 0.339 e. The zero-order valence-corrected chi connectivity index (χ0v) is 15.1. The van der Waals surface area contributed by atoms with E-state index in [9.17, 15) is 4.79 Å². The van der Waals surface area contributed by atoms with Crippen molar-refractivity contribution in [2.45, 2.75) is 6.54 Å². The summed E-state index contributed by atoms with van der Waals surface area (Å²) in [5.74, 6) is 1.18. The van der Waals surface area contributed by atoms with Crippen molar-refractivity contribution in [3.05, 3.63) is 34.6 Å². The summed E-state index contributed by atoms with van der Waals surface area (Å²) in [6, 6.07) is 7.73. The van der Waals surface area contributed by atoms with Gasteiger partial charge in [0.2, 0.25) is 17.6 Å². The molecule has 1 aromatic carbocycles. The molecule has 7 nitrogen and oxygen atoms in total. The lowest BCUT2D eigenvalue weighted by atomic mass is 10.2. The van der Waals surface area contributed by atoms with Crippen LogP contribution in [0.1, 0.15) is 5.89 Å². The maximum atomic E-state index is 12.2. The Balaban J connectivity index is 1.57. The van der Waals surface area contributed by atoms with Crippen molar-refractivity contribution in [2.24, 2.45) is 0 Å². The van der Waals surface area contributed by atoms with Gasteiger partial charge in [-0.15, -0.1) is 0 Å². The lowest BCUT2D eigenvalue weighted by Crippen LogP contribution is -2.49. The van der Waals surface area contributed by atoms with Crippen molar-refractivity contribution in [2.75, 3.05) is 39.8 Å². The Hall–Kier alpha value is -1.77. The second-order valence-electron chi connectivity index (χ2n) is 5.83. The minimum atomic E-state index is 0.130. The van der Waals surface area contributed by atoms with Crippen LogP contribution < -0.4 is 5.32 Å². The van der Waals surface area contributed by atoms with Crippen LogP contribution in [0.4, 0.5) is 0 Å². The third-order valence-electron chi connectivity index (χ3n) is 3.83. The number of halogens is 1. The molecule has 0 bridgehead atoms. The maximum Gasteiger partial charge on any atom is 0.241 e. The van der Waals surface area contributed by atoms with Crippen molar-refractivity contribution < 1.29 is 9.32 Å². The van der Waals surface area contributed by atoms with Crippen LogP contribution in [0.3, 0.4) is 0 Å². The molecule has 1 saturated heterocycles. The third-order valence-corrected chi connectivity index (χ3v) is 4.32. The summed E-state index contributed by atoms with van der Waals surface area (Å²) in [7, 11) is 1.88. The quantitative estimate of drug-likeness (QED) is 0.826. The zero-order valence-electron chi connectivity index (χ0n) is 13.5. The highest BCUT2D eigenvalue weighted by Crippen LogP contribution is 2.20. The van der Waals surface area contributed by atoms with E-state index in [1.165, 1.54) is 0 Å². The number of piperazine rings is 1. The van der Waals surface area contributed by atoms with Gasteiger partial charge in [-0.3, -0.25) is 9.69 Å². The minimum Gasteiger partial charge on any atom is -0.339 e. The standard InChI is InChI=1S/C16H20BrN5O2/c1-21(11-15(23)22-7-5-18-6-8-22)10-14-19-16(20-24-14)12-3-2-4-13(17)9-12/h2-4,9,18H,5-8,10-11H2,1H3. The molecule has 0 spiro atoms. The summed E-state index contributed by atoms with van der Waals surface area (Å²) >= 11 is 3.43. The number of amides is 1. The van der Waals surface area contributed by atoms with Gasteiger partial charge >= 0.3 is 0 Å². The van der Waals surface area contributed by atoms with E-state index in [0.29, 0.717) is 24.8 Å². The second kappa shape index (κ2) is 7.87. The van der Waals surface area contributed by atoms with Gasteiger partial charge in [-0.05, 0) is 19.2 Å². The van der Waals surface area contributed by atoms with Gasteiger partial charge in [0.25, 0.3) is 0 Å². The number of nitrogens with one attached hydrogen (secondary N) is 1. The Kier molecular flexibility index (Phi) is 5.60. The molecule has 24 heavy (non-hydrogen) atoms. The number of rotatable bonds is 5. The molecule has 1 aliphatic rings. The van der Waals surface area contributed by atoms with Crippen LogP contribution in [0.2, 0.25) is 0 Å². The second-order valence-corrected chi connectivity index (χ2v) is 6.74. The molecule has 2 aromatic rings. The molecule has 0 radical (unpaired) electrons. The Morgan fingerprint density at radius 2 is 2.21 bits per heavy atom. The van der Waals surface area contributed by atoms with Crippen LogP contribution in [-0.2, 0) is 11.3 Å². The third kappa shape index (κ3) is 4.40. The Bertz CT molecular complexity index is 699. The van der Waals surface area contributed by atoms with E-state index in [-0.39, 0.29) is 5.91 Å². The first kappa shape index (κ1) is 17.1. The van der Waals surface area contributed by atoms with Crippen molar-refractivity contribution >= 4 is 21.8 Å². The van der Waals surface area contributed by atoms with Crippen LogP contribution in [0, 0.1) is 0 Å². The average Bonchev–Trinajstić information content (AvgIpc) is 3.04. The fourth-order valence-electron chi connectivity index (χ4n) is 2.60. The van der Waals surface area contributed by atoms with Gasteiger partial charge in [-0.25, -0.2) is 0 Å². The maximum absolute atomic E-state index is 12.2. The average molecular weight is 394 g/mol. The summed E-state index contributed by atoms with van der Waals surface area (Å²) in [5.41, 5.74) is 0.888. The predicted molar refractivity (Wildman–Crippen MR) is 93.2 cm³/mol. The highest BCUT2D eigenvalue weighted by molar-refractivity contribution is 9.10. The van der Waals surface area contributed by atoms with E-state index >= 15 is 0 Å². The van der Waals surface area contributed by atoms with Gasteiger partial charge in [0.15, 0.2) is 0 Å². The van der Waals surface area contributed by atoms with E-state index in [0.717, 1.165) is 36.2 Å². The monoisotopic (exact) mass is 393 g/mol. The summed E-state index contributed by atoms with van der Waals surface area (Å²) in [6.45, 7) is 4.03. The fourth-order valence-corrected chi connectivity index (χ4v) is 3.00.